The largest absolute Gasteiger partial charge is 0.494 e. The van der Waals surface area contributed by atoms with Crippen molar-refractivity contribution in [3.05, 3.63) is 35.3 Å². The van der Waals surface area contributed by atoms with Crippen LogP contribution in [0.25, 0.3) is 0 Å². The molecule has 8 nitrogen and oxygen atoms in total. The van der Waals surface area contributed by atoms with Crippen LogP contribution in [-0.2, 0) is 9.59 Å². The van der Waals surface area contributed by atoms with Gasteiger partial charge in [-0.15, -0.1) is 0 Å². The van der Waals surface area contributed by atoms with Gasteiger partial charge in [0.1, 0.15) is 28.6 Å². The standard InChI is InChI=1S/C12H13N3O2.C12H19O3P/c16-9-7-8(13-1-2-13)12(17)11(15-5-6-15)10(9)14-3-4-14;1-4-13-9-7-10(14-5-2)12(16)11(8-9)15-6-3/h7H,1-6H2;7-8H,4-6,16H2,1-3H3. The van der Waals surface area contributed by atoms with Gasteiger partial charge in [-0.25, -0.2) is 0 Å². The summed E-state index contributed by atoms with van der Waals surface area (Å²) >= 11 is 0. The molecule has 1 atom stereocenters. The molecule has 0 saturated carbocycles. The Morgan fingerprint density at radius 3 is 1.70 bits per heavy atom. The van der Waals surface area contributed by atoms with E-state index in [1.165, 1.54) is 6.08 Å². The number of carbonyl (C=O) groups excluding carboxylic acids is 2. The fraction of sp³-hybridized carbons (Fsp3) is 0.500. The summed E-state index contributed by atoms with van der Waals surface area (Å²) in [4.78, 5) is 30.5. The van der Waals surface area contributed by atoms with Crippen molar-refractivity contribution >= 4 is 26.1 Å². The average Bonchev–Trinajstić information content (AvgIpc) is 3.64. The maximum absolute atomic E-state index is 12.4. The highest BCUT2D eigenvalue weighted by molar-refractivity contribution is 7.28. The quantitative estimate of drug-likeness (QED) is 0.304. The van der Waals surface area contributed by atoms with Crippen LogP contribution in [-0.4, -0.2) is 85.4 Å². The van der Waals surface area contributed by atoms with Crippen LogP contribution in [0.5, 0.6) is 17.2 Å². The van der Waals surface area contributed by atoms with Crippen LogP contribution in [0.3, 0.4) is 0 Å². The van der Waals surface area contributed by atoms with E-state index in [4.69, 9.17) is 14.2 Å². The third-order valence-corrected chi connectivity index (χ3v) is 6.05. The highest BCUT2D eigenvalue weighted by Crippen LogP contribution is 2.34. The van der Waals surface area contributed by atoms with Crippen molar-refractivity contribution in [3.8, 4) is 17.2 Å². The first-order valence-corrected chi connectivity index (χ1v) is 12.2. The lowest BCUT2D eigenvalue weighted by atomic mass is 10.0. The minimum Gasteiger partial charge on any atom is -0.494 e. The van der Waals surface area contributed by atoms with Crippen molar-refractivity contribution < 1.29 is 23.8 Å². The Hall–Kier alpha value is -2.73. The van der Waals surface area contributed by atoms with E-state index in [0.717, 1.165) is 61.8 Å². The molecule has 0 N–H and O–H groups in total. The van der Waals surface area contributed by atoms with Crippen molar-refractivity contribution in [2.24, 2.45) is 0 Å². The van der Waals surface area contributed by atoms with Crippen molar-refractivity contribution in [2.45, 2.75) is 20.8 Å². The fourth-order valence-corrected chi connectivity index (χ4v) is 3.99. The minimum atomic E-state index is 0.00546. The van der Waals surface area contributed by atoms with E-state index in [1.54, 1.807) is 0 Å². The van der Waals surface area contributed by atoms with Crippen molar-refractivity contribution in [1.82, 2.24) is 14.7 Å². The molecule has 9 heteroatoms. The van der Waals surface area contributed by atoms with E-state index in [1.807, 2.05) is 47.6 Å². The summed E-state index contributed by atoms with van der Waals surface area (Å²) < 4.78 is 16.5. The Morgan fingerprint density at radius 2 is 1.24 bits per heavy atom. The third kappa shape index (κ3) is 5.44. The zero-order valence-corrected chi connectivity index (χ0v) is 20.7. The summed E-state index contributed by atoms with van der Waals surface area (Å²) in [5.74, 6) is 2.41. The molecule has 1 aliphatic carbocycles. The van der Waals surface area contributed by atoms with Gasteiger partial charge in [-0.3, -0.25) is 9.59 Å². The highest BCUT2D eigenvalue weighted by Gasteiger charge is 2.43. The topological polar surface area (TPSA) is 70.9 Å². The Balaban J connectivity index is 0.000000158. The Kier molecular flexibility index (Phi) is 7.13. The number of Topliss-reactive ketones (excluding diaryl/α,β-unsaturated/α-hetero) is 1. The molecular weight excluding hydrogens is 441 g/mol. The van der Waals surface area contributed by atoms with E-state index in [2.05, 4.69) is 9.24 Å². The van der Waals surface area contributed by atoms with Crippen LogP contribution in [0.4, 0.5) is 0 Å². The van der Waals surface area contributed by atoms with Gasteiger partial charge >= 0.3 is 0 Å². The molecule has 5 rings (SSSR count). The van der Waals surface area contributed by atoms with Gasteiger partial charge in [0, 0.05) is 57.5 Å². The third-order valence-electron chi connectivity index (χ3n) is 5.48. The zero-order valence-electron chi connectivity index (χ0n) is 19.6. The predicted octanol–water partition coefficient (Wildman–Crippen LogP) is 1.56. The van der Waals surface area contributed by atoms with Crippen LogP contribution in [0, 0.1) is 0 Å². The number of hydrogen-bond donors (Lipinski definition) is 0. The monoisotopic (exact) mass is 473 g/mol. The lowest BCUT2D eigenvalue weighted by Crippen LogP contribution is -2.29. The van der Waals surface area contributed by atoms with E-state index in [9.17, 15) is 9.59 Å². The van der Waals surface area contributed by atoms with Gasteiger partial charge in [-0.1, -0.05) is 9.24 Å². The molecular formula is C24H32N3O5P. The van der Waals surface area contributed by atoms with Gasteiger partial charge in [0.2, 0.25) is 11.6 Å². The van der Waals surface area contributed by atoms with Gasteiger partial charge in [-0.05, 0) is 20.8 Å². The lowest BCUT2D eigenvalue weighted by Gasteiger charge is -2.21. The number of allylic oxidation sites excluding steroid dienone is 1. The van der Waals surface area contributed by atoms with Crippen molar-refractivity contribution in [1.29, 1.82) is 0 Å². The van der Waals surface area contributed by atoms with Crippen LogP contribution in [0.2, 0.25) is 0 Å². The molecule has 0 spiro atoms. The van der Waals surface area contributed by atoms with Gasteiger partial charge in [0.05, 0.1) is 30.8 Å². The Labute approximate surface area is 197 Å². The van der Waals surface area contributed by atoms with Crippen LogP contribution >= 0.6 is 9.24 Å². The van der Waals surface area contributed by atoms with Gasteiger partial charge in [-0.2, -0.15) is 0 Å². The maximum atomic E-state index is 12.4. The zero-order chi connectivity index (χ0) is 23.5. The predicted molar refractivity (Wildman–Crippen MR) is 129 cm³/mol. The second kappa shape index (κ2) is 10.0. The summed E-state index contributed by atoms with van der Waals surface area (Å²) in [5.41, 5.74) is 1.89. The molecule has 3 aliphatic heterocycles. The molecule has 0 bridgehead atoms. The Bertz CT molecular complexity index is 967. The number of benzene rings is 1. The van der Waals surface area contributed by atoms with E-state index in [0.29, 0.717) is 36.9 Å². The average molecular weight is 474 g/mol. The summed E-state index contributed by atoms with van der Waals surface area (Å²) in [6.07, 6.45) is 1.52. The lowest BCUT2D eigenvalue weighted by molar-refractivity contribution is -0.117. The van der Waals surface area contributed by atoms with Crippen molar-refractivity contribution in [3.63, 3.8) is 0 Å². The van der Waals surface area contributed by atoms with Crippen LogP contribution in [0.1, 0.15) is 20.8 Å². The van der Waals surface area contributed by atoms with Crippen LogP contribution < -0.4 is 19.5 Å². The molecule has 178 valence electrons. The smallest absolute Gasteiger partial charge is 0.227 e. The molecule has 3 heterocycles. The normalized spacial score (nSPS) is 18.5. The van der Waals surface area contributed by atoms with Crippen molar-refractivity contribution in [2.75, 3.05) is 59.1 Å². The molecule has 0 radical (unpaired) electrons. The number of ketones is 2. The molecule has 4 aliphatic rings. The summed E-state index contributed by atoms with van der Waals surface area (Å²) in [6, 6.07) is 3.77. The Morgan fingerprint density at radius 1 is 0.758 bits per heavy atom. The highest BCUT2D eigenvalue weighted by atomic mass is 31.0. The number of ether oxygens (including phenoxy) is 3. The number of carbonyl (C=O) groups is 2. The van der Waals surface area contributed by atoms with Gasteiger partial charge < -0.3 is 28.9 Å². The molecule has 33 heavy (non-hydrogen) atoms. The van der Waals surface area contributed by atoms with Gasteiger partial charge in [0.15, 0.2) is 0 Å². The van der Waals surface area contributed by atoms with Crippen LogP contribution in [0.15, 0.2) is 35.3 Å². The van der Waals surface area contributed by atoms with E-state index in [-0.39, 0.29) is 11.6 Å². The molecule has 1 aromatic carbocycles. The molecule has 3 saturated heterocycles. The SMILES string of the molecule is CCOc1cc(OCC)c(P)c(OCC)c1.O=C1C=C(N2CC2)C(=O)C(N2CC2)=C1N1CC1. The number of nitrogens with zero attached hydrogens (tertiary/aromatic N) is 3. The number of rotatable bonds is 9. The van der Waals surface area contributed by atoms with E-state index >= 15 is 0 Å². The first-order valence-electron chi connectivity index (χ1n) is 11.6. The van der Waals surface area contributed by atoms with E-state index < -0.39 is 0 Å². The molecule has 0 amide bonds. The molecule has 3 fully saturated rings. The maximum Gasteiger partial charge on any atom is 0.227 e. The summed E-state index contributed by atoms with van der Waals surface area (Å²) in [5, 5.41) is 0.937. The minimum absolute atomic E-state index is 0.00546. The first kappa shape index (κ1) is 23.4. The second-order valence-corrected chi connectivity index (χ2v) is 8.59. The molecule has 0 aromatic heterocycles. The molecule has 1 unspecified atom stereocenters. The molecule has 1 aromatic rings. The second-order valence-electron chi connectivity index (χ2n) is 8.01. The van der Waals surface area contributed by atoms with Gasteiger partial charge in [0.25, 0.3) is 0 Å². The summed E-state index contributed by atoms with van der Waals surface area (Å²) in [6.45, 7) is 13.2. The first-order chi connectivity index (χ1) is 16.0. The number of hydrogen-bond acceptors (Lipinski definition) is 8. The summed E-state index contributed by atoms with van der Waals surface area (Å²) in [7, 11) is 2.65. The fourth-order valence-electron chi connectivity index (χ4n) is 3.65.